The number of alkyl halides is 3. The van der Waals surface area contributed by atoms with Gasteiger partial charge in [-0.05, 0) is 54.7 Å². The molecule has 2 heterocycles. The van der Waals surface area contributed by atoms with E-state index in [0.29, 0.717) is 51.1 Å². The fourth-order valence-corrected chi connectivity index (χ4v) is 5.32. The third-order valence-corrected chi connectivity index (χ3v) is 7.29. The van der Waals surface area contributed by atoms with Gasteiger partial charge < -0.3 is 19.6 Å². The molecule has 0 bridgehead atoms. The number of benzene rings is 2. The minimum Gasteiger partial charge on any atom is -0.497 e. The maximum Gasteiger partial charge on any atom is 0.417 e. The first-order valence-corrected chi connectivity index (χ1v) is 11.6. The summed E-state index contributed by atoms with van der Waals surface area (Å²) in [5.41, 5.74) is -0.606. The highest BCUT2D eigenvalue weighted by molar-refractivity contribution is 5.76. The van der Waals surface area contributed by atoms with Crippen LogP contribution >= 0.6 is 0 Å². The van der Waals surface area contributed by atoms with Crippen LogP contribution in [0.4, 0.5) is 18.9 Å². The van der Waals surface area contributed by atoms with Crippen LogP contribution < -0.4 is 9.64 Å². The molecule has 0 aliphatic carbocycles. The first-order valence-electron chi connectivity index (χ1n) is 11.6. The molecule has 2 aliphatic heterocycles. The van der Waals surface area contributed by atoms with Gasteiger partial charge in [0.05, 0.1) is 30.9 Å². The Morgan fingerprint density at radius 3 is 2.74 bits per heavy atom. The van der Waals surface area contributed by atoms with Gasteiger partial charge in [-0.15, -0.1) is 0 Å². The van der Waals surface area contributed by atoms with Crippen molar-refractivity contribution >= 4 is 11.6 Å². The quantitative estimate of drug-likeness (QED) is 0.670. The number of nitrogens with zero attached hydrogens (tertiary/aromatic N) is 3. The largest absolute Gasteiger partial charge is 0.497 e. The molecule has 0 unspecified atom stereocenters. The van der Waals surface area contributed by atoms with Crippen molar-refractivity contribution < 1.29 is 27.8 Å². The van der Waals surface area contributed by atoms with Gasteiger partial charge in [0, 0.05) is 43.7 Å². The lowest BCUT2D eigenvalue weighted by atomic mass is 9.74. The number of methoxy groups -OCH3 is 1. The van der Waals surface area contributed by atoms with Crippen molar-refractivity contribution in [3.8, 4) is 11.8 Å². The van der Waals surface area contributed by atoms with E-state index in [-0.39, 0.29) is 18.4 Å². The van der Waals surface area contributed by atoms with Gasteiger partial charge in [0.25, 0.3) is 0 Å². The van der Waals surface area contributed by atoms with Crippen LogP contribution in [0.25, 0.3) is 0 Å². The summed E-state index contributed by atoms with van der Waals surface area (Å²) in [7, 11) is 1.59. The number of amides is 1. The van der Waals surface area contributed by atoms with Crippen LogP contribution in [0.3, 0.4) is 0 Å². The molecule has 2 fully saturated rings. The molecular weight excluding hydrogens is 459 g/mol. The predicted octanol–water partition coefficient (Wildman–Crippen LogP) is 3.87. The molecule has 1 N–H and O–H groups in total. The maximum atomic E-state index is 13.5. The van der Waals surface area contributed by atoms with Crippen LogP contribution in [0.5, 0.6) is 5.75 Å². The second-order valence-electron chi connectivity index (χ2n) is 9.39. The normalized spacial score (nSPS) is 22.0. The number of nitriles is 1. The van der Waals surface area contributed by atoms with E-state index in [1.807, 2.05) is 29.2 Å². The van der Waals surface area contributed by atoms with Crippen LogP contribution in [0.2, 0.25) is 0 Å². The van der Waals surface area contributed by atoms with E-state index < -0.39 is 22.7 Å². The lowest BCUT2D eigenvalue weighted by Gasteiger charge is -2.43. The number of carbonyl (C=O) groups is 1. The number of rotatable bonds is 6. The Balaban J connectivity index is 1.46. The fraction of sp³-hybridized carbons (Fsp3) is 0.462. The number of ether oxygens (including phenoxy) is 1. The zero-order chi connectivity index (χ0) is 25.2. The average molecular weight is 488 g/mol. The molecule has 6 nitrogen and oxygen atoms in total. The van der Waals surface area contributed by atoms with Crippen molar-refractivity contribution in [1.82, 2.24) is 4.90 Å². The highest BCUT2D eigenvalue weighted by Gasteiger charge is 2.50. The van der Waals surface area contributed by atoms with Gasteiger partial charge in [0.1, 0.15) is 5.75 Å². The molecular formula is C26H28F3N3O3. The van der Waals surface area contributed by atoms with Crippen molar-refractivity contribution in [2.24, 2.45) is 11.3 Å². The molecule has 0 saturated carbocycles. The number of fused-ring (bicyclic) bond motifs is 1. The lowest BCUT2D eigenvalue weighted by Crippen LogP contribution is -2.52. The van der Waals surface area contributed by atoms with E-state index in [1.54, 1.807) is 18.1 Å². The van der Waals surface area contributed by atoms with Crippen molar-refractivity contribution in [2.75, 3.05) is 44.8 Å². The molecule has 9 heteroatoms. The van der Waals surface area contributed by atoms with Gasteiger partial charge in [0.2, 0.25) is 5.91 Å². The summed E-state index contributed by atoms with van der Waals surface area (Å²) in [6.45, 7) is 1.60. The van der Waals surface area contributed by atoms with E-state index >= 15 is 0 Å². The molecule has 2 aliphatic rings. The number of hydrogen-bond acceptors (Lipinski definition) is 5. The predicted molar refractivity (Wildman–Crippen MR) is 124 cm³/mol. The van der Waals surface area contributed by atoms with Crippen LogP contribution in [0.15, 0.2) is 42.5 Å². The van der Waals surface area contributed by atoms with E-state index in [4.69, 9.17) is 10.00 Å². The van der Waals surface area contributed by atoms with E-state index in [1.165, 1.54) is 12.1 Å². The van der Waals surface area contributed by atoms with Crippen LogP contribution in [0, 0.1) is 22.7 Å². The smallest absolute Gasteiger partial charge is 0.417 e. The van der Waals surface area contributed by atoms with Gasteiger partial charge in [-0.2, -0.15) is 18.4 Å². The van der Waals surface area contributed by atoms with Crippen molar-refractivity contribution in [3.63, 3.8) is 0 Å². The number of piperidine rings is 1. The van der Waals surface area contributed by atoms with Crippen molar-refractivity contribution in [2.45, 2.75) is 25.4 Å². The number of halogens is 3. The number of hydrogen-bond donors (Lipinski definition) is 1. The van der Waals surface area contributed by atoms with Gasteiger partial charge in [-0.3, -0.25) is 4.79 Å². The molecule has 4 rings (SSSR count). The van der Waals surface area contributed by atoms with E-state index in [0.717, 1.165) is 17.4 Å². The summed E-state index contributed by atoms with van der Waals surface area (Å²) < 4.78 is 45.6. The standard InChI is InChI=1S/C26H28F3N3O3/c1-35-22-4-2-3-18(11-22)5-8-24(34)31-10-9-20-14-32(16-25(20,15-31)17-33)21-7-6-19(13-30)23(12-21)26(27,28)29/h2-4,6-7,11-12,20,33H,5,8-10,14-17H2,1H3/t20-,25+/m0/s1. The molecule has 0 spiro atoms. The SMILES string of the molecule is COc1cccc(CCC(=O)N2CC[C@H]3CN(c4ccc(C#N)c(C(F)(F)F)c4)C[C@@]3(CO)C2)c1. The van der Waals surface area contributed by atoms with E-state index in [2.05, 4.69) is 0 Å². The van der Waals surface area contributed by atoms with E-state index in [9.17, 15) is 23.1 Å². The summed E-state index contributed by atoms with van der Waals surface area (Å²) in [6.07, 6.45) is -3.06. The molecule has 35 heavy (non-hydrogen) atoms. The average Bonchev–Trinajstić information content (AvgIpc) is 3.26. The Bertz CT molecular complexity index is 1130. The lowest BCUT2D eigenvalue weighted by molar-refractivity contribution is -0.138. The number of aryl methyl sites for hydroxylation is 1. The molecule has 2 atom stereocenters. The minimum atomic E-state index is -4.63. The Morgan fingerprint density at radius 1 is 1.26 bits per heavy atom. The highest BCUT2D eigenvalue weighted by atomic mass is 19.4. The first-order chi connectivity index (χ1) is 16.7. The molecule has 2 aromatic rings. The highest BCUT2D eigenvalue weighted by Crippen LogP contribution is 2.44. The number of aliphatic hydroxyl groups excluding tert-OH is 1. The minimum absolute atomic E-state index is 0.00437. The second kappa shape index (κ2) is 9.78. The van der Waals surface area contributed by atoms with Gasteiger partial charge in [-0.1, -0.05) is 12.1 Å². The van der Waals surface area contributed by atoms with Crippen LogP contribution in [-0.2, 0) is 17.4 Å². The van der Waals surface area contributed by atoms with Gasteiger partial charge in [-0.25, -0.2) is 0 Å². The summed E-state index contributed by atoms with van der Waals surface area (Å²) in [4.78, 5) is 16.6. The number of anilines is 1. The third-order valence-electron chi connectivity index (χ3n) is 7.29. The number of carbonyl (C=O) groups excluding carboxylic acids is 1. The Kier molecular flexibility index (Phi) is 6.95. The van der Waals surface area contributed by atoms with Crippen molar-refractivity contribution in [3.05, 3.63) is 59.2 Å². The Labute approximate surface area is 202 Å². The summed E-state index contributed by atoms with van der Waals surface area (Å²) in [5, 5.41) is 19.4. The monoisotopic (exact) mass is 487 g/mol. The molecule has 2 aromatic carbocycles. The second-order valence-corrected chi connectivity index (χ2v) is 9.39. The van der Waals surface area contributed by atoms with Gasteiger partial charge in [0.15, 0.2) is 0 Å². The fourth-order valence-electron chi connectivity index (χ4n) is 5.32. The molecule has 2 saturated heterocycles. The molecule has 186 valence electrons. The Morgan fingerprint density at radius 2 is 2.06 bits per heavy atom. The first kappa shape index (κ1) is 24.9. The van der Waals surface area contributed by atoms with Crippen LogP contribution in [-0.4, -0.2) is 55.8 Å². The summed E-state index contributed by atoms with van der Waals surface area (Å²) in [6, 6.07) is 12.9. The zero-order valence-corrected chi connectivity index (χ0v) is 19.5. The maximum absolute atomic E-state index is 13.5. The molecule has 0 radical (unpaired) electrons. The van der Waals surface area contributed by atoms with Crippen molar-refractivity contribution in [1.29, 1.82) is 5.26 Å². The molecule has 1 amide bonds. The van der Waals surface area contributed by atoms with Gasteiger partial charge >= 0.3 is 6.18 Å². The number of likely N-dealkylation sites (tertiary alicyclic amines) is 1. The zero-order valence-electron chi connectivity index (χ0n) is 19.5. The topological polar surface area (TPSA) is 76.8 Å². The summed E-state index contributed by atoms with van der Waals surface area (Å²) in [5.74, 6) is 0.785. The Hall–Kier alpha value is -3.25. The third kappa shape index (κ3) is 5.08. The molecule has 0 aromatic heterocycles. The summed E-state index contributed by atoms with van der Waals surface area (Å²) >= 11 is 0. The van der Waals surface area contributed by atoms with Crippen LogP contribution in [0.1, 0.15) is 29.5 Å². The number of aliphatic hydroxyl groups is 1.